The summed E-state index contributed by atoms with van der Waals surface area (Å²) in [5.74, 6) is 0.0856. The van der Waals surface area contributed by atoms with Gasteiger partial charge in [-0.1, -0.05) is 50.1 Å². The molecule has 0 fully saturated rings. The number of hydrogen-bond donors (Lipinski definition) is 2. The quantitative estimate of drug-likeness (QED) is 0.552. The van der Waals surface area contributed by atoms with Crippen molar-refractivity contribution >= 4 is 16.8 Å². The molecule has 1 aromatic heterocycles. The molecule has 3 aromatic rings. The van der Waals surface area contributed by atoms with Crippen LogP contribution >= 0.6 is 0 Å². The van der Waals surface area contributed by atoms with Gasteiger partial charge < -0.3 is 16.2 Å². The molecule has 3 rings (SSSR count). The van der Waals surface area contributed by atoms with E-state index in [-0.39, 0.29) is 6.61 Å². The zero-order valence-corrected chi connectivity index (χ0v) is 16.3. The number of fused-ring (bicyclic) bond motifs is 1. The van der Waals surface area contributed by atoms with Crippen molar-refractivity contribution in [3.05, 3.63) is 59.8 Å². The number of carbonyl (C=O) groups excluding carboxylic acids is 1. The monoisotopic (exact) mass is 377 g/mol. The summed E-state index contributed by atoms with van der Waals surface area (Å²) in [6.45, 7) is 2.46. The van der Waals surface area contributed by atoms with Gasteiger partial charge in [-0.3, -0.25) is 9.78 Å². The second kappa shape index (κ2) is 9.33. The molecule has 0 aliphatic rings. The third-order valence-corrected chi connectivity index (χ3v) is 4.81. The average molecular weight is 377 g/mol. The van der Waals surface area contributed by atoms with Gasteiger partial charge in [-0.05, 0) is 47.7 Å². The summed E-state index contributed by atoms with van der Waals surface area (Å²) >= 11 is 0. The van der Waals surface area contributed by atoms with Crippen LogP contribution in [0.1, 0.15) is 37.4 Å². The van der Waals surface area contributed by atoms with Crippen LogP contribution in [-0.4, -0.2) is 17.5 Å². The summed E-state index contributed by atoms with van der Waals surface area (Å²) in [5, 5.41) is 0.966. The number of aromatic nitrogens is 1. The molecule has 0 bridgehead atoms. The molecule has 146 valence electrons. The molecule has 5 heteroatoms. The minimum atomic E-state index is -0.504. The van der Waals surface area contributed by atoms with E-state index in [0.29, 0.717) is 12.3 Å². The number of pyridine rings is 1. The van der Waals surface area contributed by atoms with Gasteiger partial charge in [-0.2, -0.15) is 0 Å². The SMILES string of the molecule is CCCCCc1nc2ccc(OCC(N)=O)cc2c(-c2ccccc2)c1CN. The Balaban J connectivity index is 2.17. The molecule has 0 aliphatic carbocycles. The number of nitrogens with zero attached hydrogens (tertiary/aromatic N) is 1. The third kappa shape index (κ3) is 4.49. The van der Waals surface area contributed by atoms with Gasteiger partial charge >= 0.3 is 0 Å². The number of benzene rings is 2. The zero-order valence-electron chi connectivity index (χ0n) is 16.3. The first-order valence-electron chi connectivity index (χ1n) is 9.76. The minimum Gasteiger partial charge on any atom is -0.484 e. The van der Waals surface area contributed by atoms with Crippen molar-refractivity contribution in [2.24, 2.45) is 11.5 Å². The summed E-state index contributed by atoms with van der Waals surface area (Å²) in [4.78, 5) is 16.0. The van der Waals surface area contributed by atoms with Gasteiger partial charge in [0.15, 0.2) is 6.61 Å². The lowest BCUT2D eigenvalue weighted by Gasteiger charge is -2.17. The van der Waals surface area contributed by atoms with Crippen molar-refractivity contribution in [2.75, 3.05) is 6.61 Å². The molecular weight excluding hydrogens is 350 g/mol. The molecule has 2 aromatic carbocycles. The number of primary amides is 1. The predicted molar refractivity (Wildman–Crippen MR) is 113 cm³/mol. The molecule has 0 saturated carbocycles. The normalized spacial score (nSPS) is 10.9. The van der Waals surface area contributed by atoms with Gasteiger partial charge in [0.25, 0.3) is 5.91 Å². The molecule has 0 atom stereocenters. The summed E-state index contributed by atoms with van der Waals surface area (Å²) in [6.07, 6.45) is 4.34. The summed E-state index contributed by atoms with van der Waals surface area (Å²) < 4.78 is 5.52. The molecule has 5 nitrogen and oxygen atoms in total. The Morgan fingerprint density at radius 2 is 1.89 bits per heavy atom. The summed E-state index contributed by atoms with van der Waals surface area (Å²) in [7, 11) is 0. The van der Waals surface area contributed by atoms with Gasteiger partial charge in [0.1, 0.15) is 5.75 Å². The highest BCUT2D eigenvalue weighted by molar-refractivity contribution is 5.97. The first kappa shape index (κ1) is 19.8. The van der Waals surface area contributed by atoms with E-state index in [2.05, 4.69) is 19.1 Å². The Kier molecular flexibility index (Phi) is 6.61. The Bertz CT molecular complexity index is 955. The second-order valence-corrected chi connectivity index (χ2v) is 6.87. The molecule has 0 unspecified atom stereocenters. The lowest BCUT2D eigenvalue weighted by atomic mass is 9.92. The van der Waals surface area contributed by atoms with E-state index in [1.54, 1.807) is 0 Å². The van der Waals surface area contributed by atoms with Crippen molar-refractivity contribution in [3.8, 4) is 16.9 Å². The molecule has 0 saturated heterocycles. The Hall–Kier alpha value is -2.92. The molecular formula is C23H27N3O2. The van der Waals surface area contributed by atoms with Crippen LogP contribution in [0, 0.1) is 0 Å². The fraction of sp³-hybridized carbons (Fsp3) is 0.304. The second-order valence-electron chi connectivity index (χ2n) is 6.87. The van der Waals surface area contributed by atoms with Gasteiger partial charge in [-0.15, -0.1) is 0 Å². The van der Waals surface area contributed by atoms with Crippen molar-refractivity contribution in [1.29, 1.82) is 0 Å². The Morgan fingerprint density at radius 1 is 1.11 bits per heavy atom. The first-order valence-corrected chi connectivity index (χ1v) is 9.76. The van der Waals surface area contributed by atoms with Gasteiger partial charge in [-0.25, -0.2) is 0 Å². The van der Waals surface area contributed by atoms with E-state index in [1.165, 1.54) is 6.42 Å². The maximum Gasteiger partial charge on any atom is 0.255 e. The van der Waals surface area contributed by atoms with Gasteiger partial charge in [0.2, 0.25) is 0 Å². The van der Waals surface area contributed by atoms with E-state index in [1.807, 2.05) is 36.4 Å². The van der Waals surface area contributed by atoms with Gasteiger partial charge in [0.05, 0.1) is 5.52 Å². The highest BCUT2D eigenvalue weighted by atomic mass is 16.5. The van der Waals surface area contributed by atoms with Crippen LogP contribution in [0.15, 0.2) is 48.5 Å². The van der Waals surface area contributed by atoms with Crippen LogP contribution in [0.3, 0.4) is 0 Å². The number of amides is 1. The van der Waals surface area contributed by atoms with Crippen molar-refractivity contribution in [3.63, 3.8) is 0 Å². The molecule has 0 aliphatic heterocycles. The number of ether oxygens (including phenoxy) is 1. The maximum atomic E-state index is 11.1. The molecule has 0 radical (unpaired) electrons. The summed E-state index contributed by atoms with van der Waals surface area (Å²) in [6, 6.07) is 15.9. The van der Waals surface area contributed by atoms with E-state index < -0.39 is 5.91 Å². The van der Waals surface area contributed by atoms with Crippen molar-refractivity contribution in [1.82, 2.24) is 4.98 Å². The van der Waals surface area contributed by atoms with Gasteiger partial charge in [0, 0.05) is 17.6 Å². The summed E-state index contributed by atoms with van der Waals surface area (Å²) in [5.41, 5.74) is 16.6. The third-order valence-electron chi connectivity index (χ3n) is 4.81. The molecule has 1 heterocycles. The largest absolute Gasteiger partial charge is 0.484 e. The van der Waals surface area contributed by atoms with Crippen LogP contribution in [0.2, 0.25) is 0 Å². The standard InChI is InChI=1S/C23H27N3O2/c1-2-3-5-10-20-19(14-24)23(16-8-6-4-7-9-16)18-13-17(28-15-22(25)27)11-12-21(18)26-20/h4,6-9,11-13H,2-3,5,10,14-15,24H2,1H3,(H2,25,27). The minimum absolute atomic E-state index is 0.154. The Morgan fingerprint density at radius 3 is 2.57 bits per heavy atom. The molecule has 28 heavy (non-hydrogen) atoms. The van der Waals surface area contributed by atoms with E-state index in [9.17, 15) is 4.79 Å². The number of hydrogen-bond acceptors (Lipinski definition) is 4. The fourth-order valence-corrected chi connectivity index (χ4v) is 3.48. The van der Waals surface area contributed by atoms with Crippen LogP contribution in [-0.2, 0) is 17.8 Å². The van der Waals surface area contributed by atoms with Crippen LogP contribution in [0.5, 0.6) is 5.75 Å². The van der Waals surface area contributed by atoms with E-state index >= 15 is 0 Å². The smallest absolute Gasteiger partial charge is 0.255 e. The first-order chi connectivity index (χ1) is 13.6. The number of carbonyl (C=O) groups is 1. The van der Waals surface area contributed by atoms with E-state index in [4.69, 9.17) is 21.2 Å². The topological polar surface area (TPSA) is 91.2 Å². The lowest BCUT2D eigenvalue weighted by molar-refractivity contribution is -0.119. The molecule has 4 N–H and O–H groups in total. The van der Waals surface area contributed by atoms with Crippen molar-refractivity contribution in [2.45, 2.75) is 39.2 Å². The fourth-order valence-electron chi connectivity index (χ4n) is 3.48. The molecule has 1 amide bonds. The van der Waals surface area contributed by atoms with Crippen LogP contribution in [0.25, 0.3) is 22.0 Å². The van der Waals surface area contributed by atoms with Crippen LogP contribution < -0.4 is 16.2 Å². The highest BCUT2D eigenvalue weighted by Crippen LogP contribution is 2.35. The number of rotatable bonds is 9. The number of nitrogens with two attached hydrogens (primary N) is 2. The average Bonchev–Trinajstić information content (AvgIpc) is 2.72. The highest BCUT2D eigenvalue weighted by Gasteiger charge is 2.16. The molecule has 0 spiro atoms. The van der Waals surface area contributed by atoms with Crippen molar-refractivity contribution < 1.29 is 9.53 Å². The zero-order chi connectivity index (χ0) is 19.9. The number of aryl methyl sites for hydroxylation is 1. The Labute approximate surface area is 165 Å². The predicted octanol–water partition coefficient (Wildman–Crippen LogP) is 3.96. The lowest BCUT2D eigenvalue weighted by Crippen LogP contribution is -2.20. The van der Waals surface area contributed by atoms with Crippen LogP contribution in [0.4, 0.5) is 0 Å². The number of unbranched alkanes of at least 4 members (excludes halogenated alkanes) is 2. The van der Waals surface area contributed by atoms with E-state index in [0.717, 1.165) is 52.5 Å². The maximum absolute atomic E-state index is 11.1.